The second-order valence-electron chi connectivity index (χ2n) is 5.27. The fraction of sp³-hybridized carbons (Fsp3) is 0.211. The number of carbonyl (C=O) groups excluding carboxylic acids is 1. The van der Waals surface area contributed by atoms with Crippen molar-refractivity contribution < 1.29 is 28.5 Å². The largest absolute Gasteiger partial charge is 0.546 e. The molecule has 0 aliphatic carbocycles. The van der Waals surface area contributed by atoms with Crippen LogP contribution in [0.5, 0.6) is 11.5 Å². The quantitative estimate of drug-likeness (QED) is 0.555. The van der Waals surface area contributed by atoms with Gasteiger partial charge in [-0.05, 0) is 18.2 Å². The molecule has 0 bridgehead atoms. The average Bonchev–Trinajstić information content (AvgIpc) is 3.04. The van der Waals surface area contributed by atoms with E-state index in [1.54, 1.807) is 18.4 Å². The monoisotopic (exact) mass is 341 g/mol. The summed E-state index contributed by atoms with van der Waals surface area (Å²) in [6.07, 6.45) is 1.58. The third-order valence-corrected chi connectivity index (χ3v) is 3.49. The zero-order chi connectivity index (χ0) is 17.5. The minimum Gasteiger partial charge on any atom is -0.546 e. The summed E-state index contributed by atoms with van der Waals surface area (Å²) in [6, 6.07) is 14.8. The van der Waals surface area contributed by atoms with Crippen molar-refractivity contribution in [3.8, 4) is 11.5 Å². The first-order valence-corrected chi connectivity index (χ1v) is 7.81. The van der Waals surface area contributed by atoms with E-state index in [0.29, 0.717) is 31.2 Å². The predicted molar refractivity (Wildman–Crippen MR) is 88.3 cm³/mol. The van der Waals surface area contributed by atoms with Gasteiger partial charge in [0.2, 0.25) is 0 Å². The highest BCUT2D eigenvalue weighted by molar-refractivity contribution is 5.86. The Kier molecular flexibility index (Phi) is 5.53. The lowest BCUT2D eigenvalue weighted by atomic mass is 10.2. The van der Waals surface area contributed by atoms with Gasteiger partial charge in [-0.3, -0.25) is 0 Å². The van der Waals surface area contributed by atoms with Crippen LogP contribution in [0.1, 0.15) is 5.56 Å². The van der Waals surface area contributed by atoms with E-state index in [2.05, 4.69) is 0 Å². The van der Waals surface area contributed by atoms with Crippen molar-refractivity contribution in [3.63, 3.8) is 0 Å². The Morgan fingerprint density at radius 1 is 1.00 bits per heavy atom. The molecule has 0 saturated carbocycles. The zero-order valence-corrected chi connectivity index (χ0v) is 13.5. The number of rotatable bonds is 9. The third kappa shape index (κ3) is 4.51. The number of para-hydroxylation sites is 2. The van der Waals surface area contributed by atoms with Crippen LogP contribution in [0.3, 0.4) is 0 Å². The van der Waals surface area contributed by atoms with Crippen LogP contribution in [0, 0.1) is 0 Å². The van der Waals surface area contributed by atoms with Crippen molar-refractivity contribution in [1.82, 2.24) is 0 Å². The number of fused-ring (bicyclic) bond motifs is 1. The number of furan rings is 1. The first-order valence-electron chi connectivity index (χ1n) is 7.81. The minimum absolute atomic E-state index is 0.356. The van der Waals surface area contributed by atoms with Gasteiger partial charge < -0.3 is 28.5 Å². The molecule has 25 heavy (non-hydrogen) atoms. The van der Waals surface area contributed by atoms with E-state index in [4.69, 9.17) is 18.6 Å². The summed E-state index contributed by atoms with van der Waals surface area (Å²) >= 11 is 0. The van der Waals surface area contributed by atoms with Gasteiger partial charge in [-0.15, -0.1) is 0 Å². The molecule has 0 amide bonds. The number of ether oxygens (including phenoxy) is 3. The fourth-order valence-corrected chi connectivity index (χ4v) is 2.36. The summed E-state index contributed by atoms with van der Waals surface area (Å²) in [5.74, 6) is -0.125. The Morgan fingerprint density at radius 2 is 1.84 bits per heavy atom. The smallest absolute Gasteiger partial charge is 0.176 e. The number of carboxylic acids is 1. The molecule has 3 aromatic rings. The van der Waals surface area contributed by atoms with Crippen molar-refractivity contribution in [3.05, 3.63) is 60.4 Å². The van der Waals surface area contributed by atoms with Crippen LogP contribution in [0.2, 0.25) is 0 Å². The molecule has 2 aromatic carbocycles. The number of carbonyl (C=O) groups is 1. The molecule has 0 atom stereocenters. The molecule has 0 fully saturated rings. The summed E-state index contributed by atoms with van der Waals surface area (Å²) in [7, 11) is 0. The summed E-state index contributed by atoms with van der Waals surface area (Å²) in [5.41, 5.74) is 1.34. The summed E-state index contributed by atoms with van der Waals surface area (Å²) in [4.78, 5) is 10.5. The highest BCUT2D eigenvalue weighted by atomic mass is 16.5. The maximum absolute atomic E-state index is 10.5. The van der Waals surface area contributed by atoms with Crippen LogP contribution in [-0.2, 0) is 16.1 Å². The third-order valence-electron chi connectivity index (χ3n) is 3.49. The van der Waals surface area contributed by atoms with Crippen LogP contribution in [0.25, 0.3) is 11.0 Å². The van der Waals surface area contributed by atoms with E-state index in [1.165, 1.54) is 0 Å². The van der Waals surface area contributed by atoms with Crippen molar-refractivity contribution in [2.75, 3.05) is 19.8 Å². The van der Waals surface area contributed by atoms with Gasteiger partial charge in [0.25, 0.3) is 0 Å². The van der Waals surface area contributed by atoms with Crippen molar-refractivity contribution in [1.29, 1.82) is 0 Å². The minimum atomic E-state index is -1.29. The van der Waals surface area contributed by atoms with Gasteiger partial charge in [0.1, 0.15) is 19.0 Å². The molecule has 1 heterocycles. The van der Waals surface area contributed by atoms with Gasteiger partial charge in [-0.25, -0.2) is 0 Å². The Hall–Kier alpha value is -2.99. The van der Waals surface area contributed by atoms with Crippen LogP contribution in [-0.4, -0.2) is 25.8 Å². The Morgan fingerprint density at radius 3 is 2.64 bits per heavy atom. The molecular formula is C19H17O6-. The van der Waals surface area contributed by atoms with Crippen LogP contribution in [0.15, 0.2) is 59.2 Å². The molecule has 130 valence electrons. The molecule has 0 aliphatic rings. The topological polar surface area (TPSA) is 81.0 Å². The van der Waals surface area contributed by atoms with E-state index in [1.807, 2.05) is 36.4 Å². The normalized spacial score (nSPS) is 10.7. The van der Waals surface area contributed by atoms with Crippen LogP contribution in [0.4, 0.5) is 0 Å². The molecule has 0 unspecified atom stereocenters. The summed E-state index contributed by atoms with van der Waals surface area (Å²) < 4.78 is 21.8. The van der Waals surface area contributed by atoms with Gasteiger partial charge in [0, 0.05) is 10.9 Å². The number of hydrogen-bond donors (Lipinski definition) is 0. The maximum Gasteiger partial charge on any atom is 0.176 e. The molecular weight excluding hydrogens is 324 g/mol. The average molecular weight is 341 g/mol. The summed E-state index contributed by atoms with van der Waals surface area (Å²) in [6.45, 7) is 0.708. The fourth-order valence-electron chi connectivity index (χ4n) is 2.36. The van der Waals surface area contributed by atoms with Gasteiger partial charge in [0.05, 0.1) is 25.4 Å². The van der Waals surface area contributed by atoms with E-state index in [-0.39, 0.29) is 0 Å². The van der Waals surface area contributed by atoms with E-state index in [0.717, 1.165) is 16.7 Å². The van der Waals surface area contributed by atoms with E-state index in [9.17, 15) is 9.90 Å². The summed E-state index contributed by atoms with van der Waals surface area (Å²) in [5, 5.41) is 11.3. The highest BCUT2D eigenvalue weighted by Crippen LogP contribution is 2.30. The Balaban J connectivity index is 1.53. The van der Waals surface area contributed by atoms with Crippen molar-refractivity contribution in [2.24, 2.45) is 0 Å². The van der Waals surface area contributed by atoms with Crippen molar-refractivity contribution >= 4 is 16.9 Å². The molecule has 6 nitrogen and oxygen atoms in total. The van der Waals surface area contributed by atoms with E-state index < -0.39 is 12.6 Å². The molecule has 0 radical (unpaired) electrons. The number of carboxylic acid groups (broad SMARTS) is 1. The lowest BCUT2D eigenvalue weighted by Crippen LogP contribution is -2.28. The molecule has 3 rings (SSSR count). The van der Waals surface area contributed by atoms with Gasteiger partial charge in [-0.1, -0.05) is 30.3 Å². The van der Waals surface area contributed by atoms with Crippen LogP contribution < -0.4 is 14.6 Å². The SMILES string of the molecule is O=C([O-])COc1cccc2c(COCCOc3ccccc3)coc12. The number of aliphatic carboxylic acids is 1. The van der Waals surface area contributed by atoms with E-state index >= 15 is 0 Å². The Bertz CT molecular complexity index is 824. The molecule has 0 N–H and O–H groups in total. The lowest BCUT2D eigenvalue weighted by molar-refractivity contribution is -0.307. The Labute approximate surface area is 144 Å². The van der Waals surface area contributed by atoms with Gasteiger partial charge in [-0.2, -0.15) is 0 Å². The maximum atomic E-state index is 10.5. The standard InChI is InChI=1S/C19H18O6/c20-18(21)13-24-17-8-4-7-16-14(12-25-19(16)17)11-22-9-10-23-15-5-2-1-3-6-15/h1-8,12H,9-11,13H2,(H,20,21)/p-1. The number of benzene rings is 2. The zero-order valence-electron chi connectivity index (χ0n) is 13.5. The highest BCUT2D eigenvalue weighted by Gasteiger charge is 2.11. The molecule has 0 saturated heterocycles. The number of hydrogen-bond acceptors (Lipinski definition) is 6. The molecule has 0 spiro atoms. The van der Waals surface area contributed by atoms with Gasteiger partial charge in [0.15, 0.2) is 11.3 Å². The lowest BCUT2D eigenvalue weighted by Gasteiger charge is -2.07. The van der Waals surface area contributed by atoms with Crippen LogP contribution >= 0.6 is 0 Å². The second-order valence-corrected chi connectivity index (χ2v) is 5.27. The van der Waals surface area contributed by atoms with Crippen molar-refractivity contribution in [2.45, 2.75) is 6.61 Å². The molecule has 6 heteroatoms. The molecule has 1 aromatic heterocycles. The first-order chi connectivity index (χ1) is 12.2. The van der Waals surface area contributed by atoms with Gasteiger partial charge >= 0.3 is 0 Å². The molecule has 0 aliphatic heterocycles. The first kappa shape index (κ1) is 16.9. The second kappa shape index (κ2) is 8.21. The predicted octanol–water partition coefficient (Wildman–Crippen LogP) is 2.16.